The number of ether oxygens (including phenoxy) is 2. The molecule has 0 aliphatic carbocycles. The van der Waals surface area contributed by atoms with E-state index in [1.54, 1.807) is 14.2 Å². The summed E-state index contributed by atoms with van der Waals surface area (Å²) in [6.07, 6.45) is 3.51. The van der Waals surface area contributed by atoms with E-state index in [9.17, 15) is 9.18 Å². The standard InChI is InChI=1S/C22H26FNO3/c1-26-21-5-3-4-19(22(21)27-2)20-14-17(15-25)11-13-24(20)12-10-16-6-8-18(23)9-7-16/h3-9,15,17,20H,10-14H2,1-2H3. The largest absolute Gasteiger partial charge is 0.493 e. The van der Waals surface area contributed by atoms with Gasteiger partial charge in [-0.3, -0.25) is 4.90 Å². The highest BCUT2D eigenvalue weighted by atomic mass is 19.1. The minimum absolute atomic E-state index is 0.0491. The van der Waals surface area contributed by atoms with Gasteiger partial charge in [0.2, 0.25) is 0 Å². The topological polar surface area (TPSA) is 38.8 Å². The summed E-state index contributed by atoms with van der Waals surface area (Å²) >= 11 is 0. The van der Waals surface area contributed by atoms with Crippen molar-refractivity contribution in [3.05, 3.63) is 59.4 Å². The van der Waals surface area contributed by atoms with Gasteiger partial charge in [0.05, 0.1) is 14.2 Å². The molecule has 1 aliphatic heterocycles. The van der Waals surface area contributed by atoms with Crippen LogP contribution in [0.2, 0.25) is 0 Å². The number of piperidine rings is 1. The Kier molecular flexibility index (Phi) is 6.45. The van der Waals surface area contributed by atoms with Gasteiger partial charge in [-0.2, -0.15) is 0 Å². The number of para-hydroxylation sites is 1. The average Bonchev–Trinajstić information content (AvgIpc) is 2.72. The van der Waals surface area contributed by atoms with Gasteiger partial charge in [0.1, 0.15) is 12.1 Å². The monoisotopic (exact) mass is 371 g/mol. The molecule has 0 aromatic heterocycles. The Morgan fingerprint density at radius 1 is 1.15 bits per heavy atom. The van der Waals surface area contributed by atoms with Crippen LogP contribution in [-0.4, -0.2) is 38.5 Å². The first kappa shape index (κ1) is 19.4. The van der Waals surface area contributed by atoms with Gasteiger partial charge in [-0.05, 0) is 49.6 Å². The van der Waals surface area contributed by atoms with Crippen molar-refractivity contribution in [3.8, 4) is 11.5 Å². The molecule has 0 amide bonds. The predicted octanol–water partition coefficient (Wildman–Crippen LogP) is 4.04. The lowest BCUT2D eigenvalue weighted by Gasteiger charge is -2.39. The van der Waals surface area contributed by atoms with Crippen molar-refractivity contribution < 1.29 is 18.7 Å². The normalized spacial score (nSPS) is 20.3. The van der Waals surface area contributed by atoms with Gasteiger partial charge in [0.15, 0.2) is 11.5 Å². The molecule has 2 unspecified atom stereocenters. The number of hydrogen-bond donors (Lipinski definition) is 0. The van der Waals surface area contributed by atoms with Crippen LogP contribution in [0.25, 0.3) is 0 Å². The van der Waals surface area contributed by atoms with Crippen LogP contribution in [0.15, 0.2) is 42.5 Å². The minimum Gasteiger partial charge on any atom is -0.493 e. The van der Waals surface area contributed by atoms with Crippen LogP contribution in [-0.2, 0) is 11.2 Å². The zero-order chi connectivity index (χ0) is 19.2. The van der Waals surface area contributed by atoms with Gasteiger partial charge in [0, 0.05) is 24.1 Å². The molecule has 1 saturated heterocycles. The number of aldehydes is 1. The number of carbonyl (C=O) groups excluding carboxylic acids is 1. The molecule has 0 bridgehead atoms. The molecule has 1 heterocycles. The molecule has 4 nitrogen and oxygen atoms in total. The highest BCUT2D eigenvalue weighted by Gasteiger charge is 2.31. The molecule has 0 spiro atoms. The van der Waals surface area contributed by atoms with Crippen molar-refractivity contribution in [2.75, 3.05) is 27.3 Å². The van der Waals surface area contributed by atoms with Gasteiger partial charge in [0.25, 0.3) is 0 Å². The van der Waals surface area contributed by atoms with Crippen molar-refractivity contribution >= 4 is 6.29 Å². The SMILES string of the molecule is COc1cccc(C2CC(C=O)CCN2CCc2ccc(F)cc2)c1OC. The molecule has 5 heteroatoms. The Hall–Kier alpha value is -2.40. The van der Waals surface area contributed by atoms with Crippen LogP contribution in [0.3, 0.4) is 0 Å². The maximum absolute atomic E-state index is 13.1. The number of likely N-dealkylation sites (tertiary alicyclic amines) is 1. The van der Waals surface area contributed by atoms with E-state index in [0.29, 0.717) is 5.75 Å². The Labute approximate surface area is 159 Å². The zero-order valence-electron chi connectivity index (χ0n) is 15.9. The second kappa shape index (κ2) is 9.00. The molecule has 144 valence electrons. The summed E-state index contributed by atoms with van der Waals surface area (Å²) in [5.41, 5.74) is 2.15. The molecule has 0 N–H and O–H groups in total. The number of carbonyl (C=O) groups is 1. The third-order valence-electron chi connectivity index (χ3n) is 5.34. The summed E-state index contributed by atoms with van der Waals surface area (Å²) in [5, 5.41) is 0. The summed E-state index contributed by atoms with van der Waals surface area (Å²) < 4.78 is 24.2. The fourth-order valence-electron chi connectivity index (χ4n) is 3.85. The lowest BCUT2D eigenvalue weighted by Crippen LogP contribution is -2.38. The minimum atomic E-state index is -0.218. The summed E-state index contributed by atoms with van der Waals surface area (Å²) in [7, 11) is 3.27. The van der Waals surface area contributed by atoms with Crippen LogP contribution in [0.5, 0.6) is 11.5 Å². The lowest BCUT2D eigenvalue weighted by atomic mass is 9.87. The van der Waals surface area contributed by atoms with Gasteiger partial charge in [-0.25, -0.2) is 4.39 Å². The second-order valence-electron chi connectivity index (χ2n) is 6.93. The molecule has 2 aromatic rings. The summed E-state index contributed by atoms with van der Waals surface area (Å²) in [5.74, 6) is 1.25. The Bertz CT molecular complexity index is 763. The number of rotatable bonds is 7. The summed E-state index contributed by atoms with van der Waals surface area (Å²) in [4.78, 5) is 13.8. The smallest absolute Gasteiger partial charge is 0.165 e. The van der Waals surface area contributed by atoms with E-state index >= 15 is 0 Å². The lowest BCUT2D eigenvalue weighted by molar-refractivity contribution is -0.113. The highest BCUT2D eigenvalue weighted by Crippen LogP contribution is 2.41. The Balaban J connectivity index is 1.84. The first-order chi connectivity index (χ1) is 13.2. The van der Waals surface area contributed by atoms with E-state index in [1.165, 1.54) is 12.1 Å². The van der Waals surface area contributed by atoms with Gasteiger partial charge in [-0.1, -0.05) is 24.3 Å². The average molecular weight is 371 g/mol. The number of nitrogens with zero attached hydrogens (tertiary/aromatic N) is 1. The van der Waals surface area contributed by atoms with E-state index in [0.717, 1.165) is 55.5 Å². The van der Waals surface area contributed by atoms with Crippen molar-refractivity contribution in [3.63, 3.8) is 0 Å². The van der Waals surface area contributed by atoms with Crippen LogP contribution in [0, 0.1) is 11.7 Å². The van der Waals surface area contributed by atoms with Crippen molar-refractivity contribution in [2.45, 2.75) is 25.3 Å². The molecule has 27 heavy (non-hydrogen) atoms. The zero-order valence-corrected chi connectivity index (χ0v) is 15.9. The fourth-order valence-corrected chi connectivity index (χ4v) is 3.85. The van der Waals surface area contributed by atoms with Crippen LogP contribution >= 0.6 is 0 Å². The van der Waals surface area contributed by atoms with Crippen LogP contribution in [0.1, 0.15) is 30.0 Å². The first-order valence-corrected chi connectivity index (χ1v) is 9.31. The van der Waals surface area contributed by atoms with Crippen molar-refractivity contribution in [1.82, 2.24) is 4.90 Å². The van der Waals surface area contributed by atoms with Crippen molar-refractivity contribution in [1.29, 1.82) is 0 Å². The van der Waals surface area contributed by atoms with Crippen LogP contribution in [0.4, 0.5) is 4.39 Å². The molecule has 1 fully saturated rings. The fraction of sp³-hybridized carbons (Fsp3) is 0.409. The van der Waals surface area contributed by atoms with Crippen LogP contribution < -0.4 is 9.47 Å². The highest BCUT2D eigenvalue weighted by molar-refractivity contribution is 5.55. The Morgan fingerprint density at radius 2 is 1.93 bits per heavy atom. The molecule has 1 aliphatic rings. The van der Waals surface area contributed by atoms with Gasteiger partial charge < -0.3 is 14.3 Å². The molecule has 0 radical (unpaired) electrons. The molecular weight excluding hydrogens is 345 g/mol. The predicted molar refractivity (Wildman–Crippen MR) is 103 cm³/mol. The van der Waals surface area contributed by atoms with E-state index in [4.69, 9.17) is 9.47 Å². The first-order valence-electron chi connectivity index (χ1n) is 9.31. The molecular formula is C22H26FNO3. The van der Waals surface area contributed by atoms with Gasteiger partial charge in [-0.15, -0.1) is 0 Å². The van der Waals surface area contributed by atoms with Crippen molar-refractivity contribution in [2.24, 2.45) is 5.92 Å². The molecule has 3 rings (SSSR count). The summed E-state index contributed by atoms with van der Waals surface area (Å²) in [6, 6.07) is 12.6. The third-order valence-corrected chi connectivity index (χ3v) is 5.34. The van der Waals surface area contributed by atoms with Gasteiger partial charge >= 0.3 is 0 Å². The third kappa shape index (κ3) is 4.48. The van der Waals surface area contributed by atoms with E-state index in [-0.39, 0.29) is 17.8 Å². The number of halogens is 1. The Morgan fingerprint density at radius 3 is 2.59 bits per heavy atom. The number of benzene rings is 2. The number of methoxy groups -OCH3 is 2. The summed E-state index contributed by atoms with van der Waals surface area (Å²) in [6.45, 7) is 1.68. The maximum Gasteiger partial charge on any atom is 0.165 e. The maximum atomic E-state index is 13.1. The molecule has 2 aromatic carbocycles. The quantitative estimate of drug-likeness (QED) is 0.689. The van der Waals surface area contributed by atoms with E-state index in [2.05, 4.69) is 4.90 Å². The molecule has 2 atom stereocenters. The molecule has 0 saturated carbocycles. The second-order valence-corrected chi connectivity index (χ2v) is 6.93. The number of hydrogen-bond acceptors (Lipinski definition) is 4. The van der Waals surface area contributed by atoms with E-state index < -0.39 is 0 Å². The van der Waals surface area contributed by atoms with E-state index in [1.807, 2.05) is 30.3 Å².